The van der Waals surface area contributed by atoms with Crippen molar-refractivity contribution in [2.24, 2.45) is 5.41 Å². The zero-order valence-electron chi connectivity index (χ0n) is 21.7. The maximum Gasteiger partial charge on any atom is 0.332 e. The molecule has 0 fully saturated rings. The van der Waals surface area contributed by atoms with Crippen LogP contribution in [0.2, 0.25) is 0 Å². The van der Waals surface area contributed by atoms with Gasteiger partial charge in [-0.2, -0.15) is 0 Å². The van der Waals surface area contributed by atoms with E-state index in [9.17, 15) is 14.4 Å². The zero-order valence-corrected chi connectivity index (χ0v) is 21.7. The van der Waals surface area contributed by atoms with E-state index in [0.29, 0.717) is 5.56 Å². The van der Waals surface area contributed by atoms with E-state index in [1.165, 1.54) is 6.92 Å². The number of esters is 2. The van der Waals surface area contributed by atoms with E-state index in [-0.39, 0.29) is 13.2 Å². The fourth-order valence-electron chi connectivity index (χ4n) is 4.45. The lowest BCUT2D eigenvalue weighted by Crippen LogP contribution is -2.51. The first-order valence-corrected chi connectivity index (χ1v) is 12.7. The van der Waals surface area contributed by atoms with Gasteiger partial charge in [-0.1, -0.05) is 133 Å². The van der Waals surface area contributed by atoms with Gasteiger partial charge in [0.1, 0.15) is 13.2 Å². The molecule has 4 aromatic rings. The van der Waals surface area contributed by atoms with Crippen molar-refractivity contribution in [3.05, 3.63) is 150 Å². The maximum atomic E-state index is 14.0. The van der Waals surface area contributed by atoms with E-state index in [1.54, 1.807) is 60.7 Å². The number of hydrogen-bond donors (Lipinski definition) is 0. The standard InChI is InChI=1S/C34H30O5/c1-26(35)34(32(36)38-24-28-16-8-3-9-17-28,33(37)39-25-29-18-10-4-11-19-29)31(30-20-12-5-13-21-30)23-22-27-14-6-2-7-15-27/h2-23,31H,24-25H2,1H3/b23-22+/t31-/m1/s1. The van der Waals surface area contributed by atoms with Crippen LogP contribution in [-0.4, -0.2) is 17.7 Å². The van der Waals surface area contributed by atoms with Crippen LogP contribution in [0.1, 0.15) is 35.1 Å². The minimum absolute atomic E-state index is 0.0927. The Morgan fingerprint density at radius 2 is 1.05 bits per heavy atom. The summed E-state index contributed by atoms with van der Waals surface area (Å²) in [4.78, 5) is 41.5. The lowest BCUT2D eigenvalue weighted by molar-refractivity contribution is -0.177. The number of carbonyl (C=O) groups is 3. The first kappa shape index (κ1) is 27.3. The summed E-state index contributed by atoms with van der Waals surface area (Å²) in [6.07, 6.45) is 3.50. The van der Waals surface area contributed by atoms with Crippen molar-refractivity contribution in [2.75, 3.05) is 0 Å². The molecule has 5 nitrogen and oxygen atoms in total. The highest BCUT2D eigenvalue weighted by Gasteiger charge is 2.59. The smallest absolute Gasteiger partial charge is 0.332 e. The van der Waals surface area contributed by atoms with E-state index in [1.807, 2.05) is 72.8 Å². The van der Waals surface area contributed by atoms with Gasteiger partial charge < -0.3 is 9.47 Å². The lowest BCUT2D eigenvalue weighted by Gasteiger charge is -2.33. The number of carbonyl (C=O) groups excluding carboxylic acids is 3. The van der Waals surface area contributed by atoms with E-state index < -0.39 is 29.1 Å². The van der Waals surface area contributed by atoms with Gasteiger partial charge in [-0.25, -0.2) is 0 Å². The number of rotatable bonds is 11. The van der Waals surface area contributed by atoms with Crippen LogP contribution in [0.15, 0.2) is 127 Å². The molecule has 5 heteroatoms. The summed E-state index contributed by atoms with van der Waals surface area (Å²) in [6, 6.07) is 36.7. The highest BCUT2D eigenvalue weighted by molar-refractivity contribution is 6.21. The molecule has 0 amide bonds. The van der Waals surface area contributed by atoms with Gasteiger partial charge in [0, 0.05) is 5.92 Å². The number of hydrogen-bond acceptors (Lipinski definition) is 5. The largest absolute Gasteiger partial charge is 0.460 e. The van der Waals surface area contributed by atoms with Gasteiger partial charge in [0.25, 0.3) is 0 Å². The minimum atomic E-state index is -2.27. The zero-order chi connectivity index (χ0) is 27.5. The second-order valence-electron chi connectivity index (χ2n) is 9.15. The minimum Gasteiger partial charge on any atom is -0.460 e. The predicted molar refractivity (Wildman–Crippen MR) is 150 cm³/mol. The highest BCUT2D eigenvalue weighted by Crippen LogP contribution is 2.42. The Morgan fingerprint density at radius 1 is 0.641 bits per heavy atom. The molecular formula is C34H30O5. The van der Waals surface area contributed by atoms with Gasteiger partial charge in [0.2, 0.25) is 5.41 Å². The second-order valence-corrected chi connectivity index (χ2v) is 9.15. The predicted octanol–water partition coefficient (Wildman–Crippen LogP) is 6.55. The molecule has 4 rings (SSSR count). The van der Waals surface area contributed by atoms with Crippen molar-refractivity contribution in [2.45, 2.75) is 26.1 Å². The average molecular weight is 519 g/mol. The molecule has 0 unspecified atom stereocenters. The monoisotopic (exact) mass is 518 g/mol. The molecule has 196 valence electrons. The normalized spacial score (nSPS) is 12.0. The van der Waals surface area contributed by atoms with Crippen LogP contribution in [0.3, 0.4) is 0 Å². The van der Waals surface area contributed by atoms with Gasteiger partial charge in [-0.15, -0.1) is 0 Å². The summed E-state index contributed by atoms with van der Waals surface area (Å²) in [5.74, 6) is -3.56. The number of ether oxygens (including phenoxy) is 2. The van der Waals surface area contributed by atoms with Crippen LogP contribution >= 0.6 is 0 Å². The number of benzene rings is 4. The number of ketones is 1. The Balaban J connectivity index is 1.79. The number of Topliss-reactive ketones (excluding diaryl/α,β-unsaturated/α-hetero) is 1. The summed E-state index contributed by atoms with van der Waals surface area (Å²) in [5, 5.41) is 0. The average Bonchev–Trinajstić information content (AvgIpc) is 2.98. The van der Waals surface area contributed by atoms with Crippen molar-refractivity contribution < 1.29 is 23.9 Å². The van der Waals surface area contributed by atoms with E-state index in [2.05, 4.69) is 0 Å². The third-order valence-corrected chi connectivity index (χ3v) is 6.53. The van der Waals surface area contributed by atoms with Crippen LogP contribution in [-0.2, 0) is 37.1 Å². The van der Waals surface area contributed by atoms with Crippen LogP contribution < -0.4 is 0 Å². The molecule has 0 saturated heterocycles. The van der Waals surface area contributed by atoms with Gasteiger partial charge in [-0.3, -0.25) is 14.4 Å². The molecule has 0 N–H and O–H groups in total. The van der Waals surface area contributed by atoms with Crippen LogP contribution in [0, 0.1) is 5.41 Å². The first-order valence-electron chi connectivity index (χ1n) is 12.7. The third kappa shape index (κ3) is 6.57. The summed E-state index contributed by atoms with van der Waals surface area (Å²) in [5.41, 5.74) is 0.657. The molecule has 0 saturated carbocycles. The van der Waals surface area contributed by atoms with E-state index in [0.717, 1.165) is 16.7 Å². The summed E-state index contributed by atoms with van der Waals surface area (Å²) < 4.78 is 11.4. The van der Waals surface area contributed by atoms with Crippen molar-refractivity contribution in [1.82, 2.24) is 0 Å². The summed E-state index contributed by atoms with van der Waals surface area (Å²) in [6.45, 7) is 1.05. The molecule has 0 aliphatic heterocycles. The Labute approximate surface area is 228 Å². The van der Waals surface area contributed by atoms with Gasteiger partial charge in [-0.05, 0) is 29.2 Å². The van der Waals surface area contributed by atoms with E-state index in [4.69, 9.17) is 9.47 Å². The topological polar surface area (TPSA) is 69.7 Å². The Bertz CT molecular complexity index is 1340. The molecule has 0 aliphatic rings. The van der Waals surface area contributed by atoms with Crippen LogP contribution in [0.25, 0.3) is 6.08 Å². The highest BCUT2D eigenvalue weighted by atomic mass is 16.6. The number of allylic oxidation sites excluding steroid dienone is 1. The van der Waals surface area contributed by atoms with Crippen LogP contribution in [0.4, 0.5) is 0 Å². The van der Waals surface area contributed by atoms with Crippen molar-refractivity contribution >= 4 is 23.8 Å². The molecule has 0 aromatic heterocycles. The van der Waals surface area contributed by atoms with Crippen molar-refractivity contribution in [3.8, 4) is 0 Å². The maximum absolute atomic E-state index is 14.0. The molecular weight excluding hydrogens is 488 g/mol. The molecule has 0 bridgehead atoms. The molecule has 0 heterocycles. The summed E-state index contributed by atoms with van der Waals surface area (Å²) in [7, 11) is 0. The summed E-state index contributed by atoms with van der Waals surface area (Å²) >= 11 is 0. The van der Waals surface area contributed by atoms with Crippen molar-refractivity contribution in [3.63, 3.8) is 0 Å². The second kappa shape index (κ2) is 13.2. The fraction of sp³-hybridized carbons (Fsp3) is 0.147. The Kier molecular flexibility index (Phi) is 9.20. The van der Waals surface area contributed by atoms with E-state index >= 15 is 0 Å². The van der Waals surface area contributed by atoms with Crippen molar-refractivity contribution in [1.29, 1.82) is 0 Å². The van der Waals surface area contributed by atoms with Gasteiger partial charge >= 0.3 is 11.9 Å². The SMILES string of the molecule is CC(=O)C(C(=O)OCc1ccccc1)(C(=O)OCc1ccccc1)[C@H](/C=C/c1ccccc1)c1ccccc1. The first-order chi connectivity index (χ1) is 19.0. The van der Waals surface area contributed by atoms with Gasteiger partial charge in [0.05, 0.1) is 0 Å². The molecule has 1 atom stereocenters. The third-order valence-electron chi connectivity index (χ3n) is 6.53. The lowest BCUT2D eigenvalue weighted by atomic mass is 9.68. The Hall–Kier alpha value is -4.77. The molecule has 0 spiro atoms. The molecule has 0 radical (unpaired) electrons. The quantitative estimate of drug-likeness (QED) is 0.166. The molecule has 0 aliphatic carbocycles. The Morgan fingerprint density at radius 3 is 1.49 bits per heavy atom. The van der Waals surface area contributed by atoms with Gasteiger partial charge in [0.15, 0.2) is 5.78 Å². The van der Waals surface area contributed by atoms with Crippen LogP contribution in [0.5, 0.6) is 0 Å². The fourth-order valence-corrected chi connectivity index (χ4v) is 4.45. The molecule has 4 aromatic carbocycles. The molecule has 39 heavy (non-hydrogen) atoms.